The van der Waals surface area contributed by atoms with Crippen molar-refractivity contribution in [3.05, 3.63) is 24.3 Å². The van der Waals surface area contributed by atoms with Gasteiger partial charge in [-0.2, -0.15) is 5.26 Å². The lowest BCUT2D eigenvalue weighted by Gasteiger charge is -2.20. The number of nitrogens with zero attached hydrogens (tertiary/aromatic N) is 1. The van der Waals surface area contributed by atoms with Crippen LogP contribution >= 0.6 is 0 Å². The minimum atomic E-state index is -0.0374. The van der Waals surface area contributed by atoms with E-state index in [0.717, 1.165) is 0 Å². The number of carbonyl (C=O) groups is 1. The van der Waals surface area contributed by atoms with Gasteiger partial charge in [-0.05, 0) is 12.5 Å². The summed E-state index contributed by atoms with van der Waals surface area (Å²) in [5.74, 6) is 0.275. The van der Waals surface area contributed by atoms with Crippen LogP contribution in [0.1, 0.15) is 6.42 Å². The molecule has 0 radical (unpaired) electrons. The molecule has 0 N–H and O–H groups in total. The second kappa shape index (κ2) is 2.60. The van der Waals surface area contributed by atoms with Crippen LogP contribution in [0.4, 0.5) is 0 Å². The first kappa shape index (κ1) is 7.30. The zero-order chi connectivity index (χ0) is 8.55. The standard InChI is InChI=1S/C10H9NO/c11-6-9-5-8-2-1-7(9)3-4-10(8)12/h1-4,7-9H,5H2/t7-,8-,9-/m1/s1. The molecular formula is C10H9NO. The molecule has 0 unspecified atom stereocenters. The van der Waals surface area contributed by atoms with E-state index >= 15 is 0 Å². The second-order valence-corrected chi connectivity index (χ2v) is 3.30. The van der Waals surface area contributed by atoms with E-state index in [1.54, 1.807) is 6.08 Å². The van der Waals surface area contributed by atoms with Gasteiger partial charge in [0.1, 0.15) is 0 Å². The molecule has 0 fully saturated rings. The third kappa shape index (κ3) is 0.984. The largest absolute Gasteiger partial charge is 0.294 e. The molecule has 3 aliphatic rings. The Bertz CT molecular complexity index is 308. The van der Waals surface area contributed by atoms with Crippen LogP contribution in [0.3, 0.4) is 0 Å². The topological polar surface area (TPSA) is 40.9 Å². The maximum atomic E-state index is 11.3. The molecule has 0 aliphatic heterocycles. The Labute approximate surface area is 71.2 Å². The van der Waals surface area contributed by atoms with Gasteiger partial charge >= 0.3 is 0 Å². The van der Waals surface area contributed by atoms with Gasteiger partial charge in [-0.3, -0.25) is 4.79 Å². The molecule has 2 bridgehead atoms. The minimum absolute atomic E-state index is 0.00250. The van der Waals surface area contributed by atoms with E-state index < -0.39 is 0 Å². The molecule has 2 heteroatoms. The van der Waals surface area contributed by atoms with Crippen molar-refractivity contribution < 1.29 is 4.79 Å². The monoisotopic (exact) mass is 159 g/mol. The fourth-order valence-corrected chi connectivity index (χ4v) is 1.78. The highest BCUT2D eigenvalue weighted by Gasteiger charge is 2.30. The highest BCUT2D eigenvalue weighted by Crippen LogP contribution is 2.32. The first-order chi connectivity index (χ1) is 5.81. The third-order valence-corrected chi connectivity index (χ3v) is 2.55. The van der Waals surface area contributed by atoms with Crippen molar-refractivity contribution in [2.24, 2.45) is 17.8 Å². The minimum Gasteiger partial charge on any atom is -0.294 e. The number of hydrogen-bond donors (Lipinski definition) is 0. The molecule has 0 spiro atoms. The van der Waals surface area contributed by atoms with Crippen LogP contribution in [0.2, 0.25) is 0 Å². The van der Waals surface area contributed by atoms with Crippen LogP contribution in [0, 0.1) is 29.1 Å². The average Bonchev–Trinajstić information content (AvgIpc) is 2.37. The van der Waals surface area contributed by atoms with E-state index in [4.69, 9.17) is 5.26 Å². The molecule has 3 aliphatic carbocycles. The Kier molecular flexibility index (Phi) is 1.58. The van der Waals surface area contributed by atoms with Crippen molar-refractivity contribution in [2.75, 3.05) is 0 Å². The summed E-state index contributed by atoms with van der Waals surface area (Å²) in [4.78, 5) is 11.3. The summed E-state index contributed by atoms with van der Waals surface area (Å²) >= 11 is 0. The van der Waals surface area contributed by atoms with Gasteiger partial charge in [0.2, 0.25) is 0 Å². The van der Waals surface area contributed by atoms with Gasteiger partial charge in [0.15, 0.2) is 5.78 Å². The summed E-state index contributed by atoms with van der Waals surface area (Å²) in [5.41, 5.74) is 0. The van der Waals surface area contributed by atoms with Crippen LogP contribution in [-0.2, 0) is 4.79 Å². The predicted octanol–water partition coefficient (Wildman–Crippen LogP) is 1.46. The maximum Gasteiger partial charge on any atom is 0.162 e. The number of allylic oxidation sites excluding steroid dienone is 4. The summed E-state index contributed by atoms with van der Waals surface area (Å²) in [6.45, 7) is 0. The number of carbonyl (C=O) groups excluding carboxylic acids is 1. The van der Waals surface area contributed by atoms with E-state index in [-0.39, 0.29) is 23.5 Å². The van der Waals surface area contributed by atoms with Crippen molar-refractivity contribution in [3.8, 4) is 6.07 Å². The lowest BCUT2D eigenvalue weighted by atomic mass is 9.81. The quantitative estimate of drug-likeness (QED) is 0.502. The number of ketones is 1. The maximum absolute atomic E-state index is 11.3. The van der Waals surface area contributed by atoms with Crippen molar-refractivity contribution in [1.29, 1.82) is 5.26 Å². The number of nitriles is 1. The molecule has 12 heavy (non-hydrogen) atoms. The normalized spacial score (nSPS) is 37.9. The lowest BCUT2D eigenvalue weighted by molar-refractivity contribution is -0.117. The molecule has 3 rings (SSSR count). The van der Waals surface area contributed by atoms with E-state index in [1.807, 2.05) is 18.2 Å². The van der Waals surface area contributed by atoms with Gasteiger partial charge in [0.25, 0.3) is 0 Å². The zero-order valence-corrected chi connectivity index (χ0v) is 6.60. The van der Waals surface area contributed by atoms with E-state index in [1.165, 1.54) is 0 Å². The van der Waals surface area contributed by atoms with Gasteiger partial charge < -0.3 is 0 Å². The van der Waals surface area contributed by atoms with Gasteiger partial charge in [-0.15, -0.1) is 0 Å². The Morgan fingerprint density at radius 1 is 1.42 bits per heavy atom. The highest BCUT2D eigenvalue weighted by atomic mass is 16.1. The fraction of sp³-hybridized carbons (Fsp3) is 0.400. The molecule has 0 saturated carbocycles. The third-order valence-electron chi connectivity index (χ3n) is 2.55. The number of hydrogen-bond acceptors (Lipinski definition) is 2. The summed E-state index contributed by atoms with van der Waals surface area (Å²) in [6, 6.07) is 2.24. The Balaban J connectivity index is 2.37. The first-order valence-electron chi connectivity index (χ1n) is 4.11. The van der Waals surface area contributed by atoms with Crippen molar-refractivity contribution in [3.63, 3.8) is 0 Å². The fourth-order valence-electron chi connectivity index (χ4n) is 1.78. The van der Waals surface area contributed by atoms with Gasteiger partial charge in [0, 0.05) is 11.8 Å². The van der Waals surface area contributed by atoms with Crippen molar-refractivity contribution in [1.82, 2.24) is 0 Å². The second-order valence-electron chi connectivity index (χ2n) is 3.30. The molecule has 0 saturated heterocycles. The molecule has 0 heterocycles. The van der Waals surface area contributed by atoms with E-state index in [0.29, 0.717) is 6.42 Å². The Morgan fingerprint density at radius 3 is 3.00 bits per heavy atom. The molecule has 0 amide bonds. The molecule has 2 nitrogen and oxygen atoms in total. The van der Waals surface area contributed by atoms with Crippen LogP contribution in [0.25, 0.3) is 0 Å². The summed E-state index contributed by atoms with van der Waals surface area (Å²) in [7, 11) is 0. The van der Waals surface area contributed by atoms with E-state index in [9.17, 15) is 4.79 Å². The SMILES string of the molecule is N#C[C@H]1C[C@H]2C=C[C@@H]1C=CC2=O. The summed E-state index contributed by atoms with van der Waals surface area (Å²) in [6.07, 6.45) is 8.07. The Morgan fingerprint density at radius 2 is 2.25 bits per heavy atom. The molecule has 60 valence electrons. The van der Waals surface area contributed by atoms with Crippen molar-refractivity contribution >= 4 is 5.78 Å². The van der Waals surface area contributed by atoms with Crippen molar-refractivity contribution in [2.45, 2.75) is 6.42 Å². The summed E-state index contributed by atoms with van der Waals surface area (Å²) in [5, 5.41) is 8.80. The summed E-state index contributed by atoms with van der Waals surface area (Å²) < 4.78 is 0. The number of fused-ring (bicyclic) bond motifs is 2. The number of rotatable bonds is 0. The van der Waals surface area contributed by atoms with Crippen LogP contribution in [0.15, 0.2) is 24.3 Å². The highest BCUT2D eigenvalue weighted by molar-refractivity contribution is 5.93. The van der Waals surface area contributed by atoms with Crippen LogP contribution in [0.5, 0.6) is 0 Å². The van der Waals surface area contributed by atoms with Crippen LogP contribution < -0.4 is 0 Å². The smallest absolute Gasteiger partial charge is 0.162 e. The zero-order valence-electron chi connectivity index (χ0n) is 6.60. The van der Waals surface area contributed by atoms with Gasteiger partial charge in [-0.1, -0.05) is 18.2 Å². The van der Waals surface area contributed by atoms with Crippen LogP contribution in [-0.4, -0.2) is 5.78 Å². The Hall–Kier alpha value is -1.36. The average molecular weight is 159 g/mol. The molecule has 3 atom stereocenters. The predicted molar refractivity (Wildman–Crippen MR) is 44.0 cm³/mol. The van der Waals surface area contributed by atoms with Gasteiger partial charge in [0.05, 0.1) is 12.0 Å². The molecule has 0 aromatic heterocycles. The molecular weight excluding hydrogens is 150 g/mol. The molecule has 0 aromatic carbocycles. The lowest BCUT2D eigenvalue weighted by Crippen LogP contribution is -2.18. The van der Waals surface area contributed by atoms with E-state index in [2.05, 4.69) is 6.07 Å². The molecule has 0 aromatic rings. The first-order valence-corrected chi connectivity index (χ1v) is 4.11. The van der Waals surface area contributed by atoms with Gasteiger partial charge in [-0.25, -0.2) is 0 Å².